The summed E-state index contributed by atoms with van der Waals surface area (Å²) in [5, 5.41) is 0. The third kappa shape index (κ3) is 2.71. The first-order valence-corrected chi connectivity index (χ1v) is 9.63. The Hall–Kier alpha value is -1.30. The van der Waals surface area contributed by atoms with Crippen molar-refractivity contribution in [3.63, 3.8) is 0 Å². The van der Waals surface area contributed by atoms with Crippen LogP contribution < -0.4 is 0 Å². The number of carbonyl (C=O) groups excluding carboxylic acids is 3. The molecule has 0 aromatic heterocycles. The van der Waals surface area contributed by atoms with Crippen molar-refractivity contribution in [1.29, 1.82) is 0 Å². The maximum Gasteiger partial charge on any atom is 0.242 e. The van der Waals surface area contributed by atoms with Gasteiger partial charge >= 0.3 is 0 Å². The van der Waals surface area contributed by atoms with E-state index in [0.29, 0.717) is 0 Å². The molecule has 3 aliphatic rings. The number of amides is 3. The lowest BCUT2D eigenvalue weighted by Gasteiger charge is -2.27. The minimum absolute atomic E-state index is 0.107. The van der Waals surface area contributed by atoms with Crippen molar-refractivity contribution < 1.29 is 14.4 Å². The van der Waals surface area contributed by atoms with E-state index in [-0.39, 0.29) is 54.0 Å². The highest BCUT2D eigenvalue weighted by molar-refractivity contribution is 7.98. The van der Waals surface area contributed by atoms with Crippen molar-refractivity contribution in [1.82, 2.24) is 9.80 Å². The first-order valence-electron chi connectivity index (χ1n) is 8.23. The van der Waals surface area contributed by atoms with Crippen molar-refractivity contribution in [3.8, 4) is 0 Å². The Bertz CT molecular complexity index is 532. The quantitative estimate of drug-likeness (QED) is 0.543. The molecule has 0 unspecified atom stereocenters. The van der Waals surface area contributed by atoms with E-state index < -0.39 is 0 Å². The standard InChI is InChI=1S/C17H24N2O3S/c1-10(6-7-23-3)18(2)13(20)9-19-16(21)14-11-4-5-12(8-11)15(14)17(19)22/h4-5,10-12,14-15H,6-9H2,1-3H3/t10-,11-,12-,14+,15+/m0/s1. The number of imide groups is 1. The molecule has 0 spiro atoms. The minimum Gasteiger partial charge on any atom is -0.341 e. The van der Waals surface area contributed by atoms with Crippen LogP contribution in [-0.2, 0) is 14.4 Å². The van der Waals surface area contributed by atoms with E-state index in [4.69, 9.17) is 0 Å². The third-order valence-corrected chi connectivity index (χ3v) is 6.29. The van der Waals surface area contributed by atoms with E-state index in [1.165, 1.54) is 4.90 Å². The van der Waals surface area contributed by atoms with E-state index >= 15 is 0 Å². The number of nitrogens with zero attached hydrogens (tertiary/aromatic N) is 2. The van der Waals surface area contributed by atoms with Crippen LogP contribution in [0.4, 0.5) is 0 Å². The van der Waals surface area contributed by atoms with E-state index in [2.05, 4.69) is 12.2 Å². The Morgan fingerprint density at radius 3 is 2.39 bits per heavy atom. The Kier molecular flexibility index (Phi) is 4.54. The summed E-state index contributed by atoms with van der Waals surface area (Å²) in [6.07, 6.45) is 8.00. The number of rotatable bonds is 6. The van der Waals surface area contributed by atoms with Gasteiger partial charge in [-0.15, -0.1) is 0 Å². The average Bonchev–Trinajstić information content (AvgIpc) is 3.21. The van der Waals surface area contributed by atoms with E-state index in [1.54, 1.807) is 23.7 Å². The fourth-order valence-corrected chi connectivity index (χ4v) is 4.67. The van der Waals surface area contributed by atoms with Crippen LogP contribution in [0.3, 0.4) is 0 Å². The van der Waals surface area contributed by atoms with Crippen LogP contribution in [0.5, 0.6) is 0 Å². The predicted molar refractivity (Wildman–Crippen MR) is 89.7 cm³/mol. The third-order valence-electron chi connectivity index (χ3n) is 5.65. The van der Waals surface area contributed by atoms with Crippen LogP contribution in [0.25, 0.3) is 0 Å². The fraction of sp³-hybridized carbons (Fsp3) is 0.706. The van der Waals surface area contributed by atoms with Gasteiger partial charge in [-0.3, -0.25) is 19.3 Å². The van der Waals surface area contributed by atoms with Crippen LogP contribution in [0, 0.1) is 23.7 Å². The molecule has 0 N–H and O–H groups in total. The van der Waals surface area contributed by atoms with Gasteiger partial charge in [0.05, 0.1) is 11.8 Å². The number of hydrogen-bond acceptors (Lipinski definition) is 4. The van der Waals surface area contributed by atoms with Gasteiger partial charge in [0, 0.05) is 13.1 Å². The summed E-state index contributed by atoms with van der Waals surface area (Å²) in [7, 11) is 1.75. The molecule has 1 saturated heterocycles. The highest BCUT2D eigenvalue weighted by Gasteiger charge is 2.59. The van der Waals surface area contributed by atoms with Gasteiger partial charge in [-0.2, -0.15) is 11.8 Å². The maximum atomic E-state index is 12.6. The summed E-state index contributed by atoms with van der Waals surface area (Å²) in [6, 6.07) is 0.111. The van der Waals surface area contributed by atoms with Gasteiger partial charge in [-0.05, 0) is 43.6 Å². The van der Waals surface area contributed by atoms with Crippen LogP contribution in [-0.4, -0.2) is 59.2 Å². The minimum atomic E-state index is -0.218. The molecule has 3 rings (SSSR count). The average molecular weight is 336 g/mol. The lowest BCUT2D eigenvalue weighted by molar-refractivity contribution is -0.147. The van der Waals surface area contributed by atoms with Gasteiger partial charge < -0.3 is 4.90 Å². The van der Waals surface area contributed by atoms with Crippen molar-refractivity contribution in [3.05, 3.63) is 12.2 Å². The first kappa shape index (κ1) is 16.6. The molecular weight excluding hydrogens is 312 g/mol. The summed E-state index contributed by atoms with van der Waals surface area (Å²) < 4.78 is 0. The number of allylic oxidation sites excluding steroid dienone is 2. The van der Waals surface area contributed by atoms with Crippen LogP contribution >= 0.6 is 11.8 Å². The molecule has 126 valence electrons. The number of likely N-dealkylation sites (N-methyl/N-ethyl adjacent to an activating group) is 1. The second-order valence-corrected chi connectivity index (χ2v) is 7.88. The smallest absolute Gasteiger partial charge is 0.242 e. The van der Waals surface area contributed by atoms with Crippen LogP contribution in [0.15, 0.2) is 12.2 Å². The van der Waals surface area contributed by atoms with Crippen LogP contribution in [0.2, 0.25) is 0 Å². The normalized spacial score (nSPS) is 32.6. The number of likely N-dealkylation sites (tertiary alicyclic amines) is 1. The fourth-order valence-electron chi connectivity index (χ4n) is 4.09. The van der Waals surface area contributed by atoms with Crippen molar-refractivity contribution in [2.75, 3.05) is 25.6 Å². The van der Waals surface area contributed by atoms with Gasteiger partial charge in [0.25, 0.3) is 0 Å². The highest BCUT2D eigenvalue weighted by Crippen LogP contribution is 2.52. The Morgan fingerprint density at radius 2 is 1.87 bits per heavy atom. The first-order chi connectivity index (χ1) is 11.0. The van der Waals surface area contributed by atoms with Crippen molar-refractivity contribution in [2.24, 2.45) is 23.7 Å². The molecule has 1 heterocycles. The number of hydrogen-bond donors (Lipinski definition) is 0. The summed E-state index contributed by atoms with van der Waals surface area (Å²) in [6.45, 7) is 1.89. The van der Waals surface area contributed by atoms with Gasteiger partial charge in [0.15, 0.2) is 0 Å². The molecule has 0 radical (unpaired) electrons. The summed E-state index contributed by atoms with van der Waals surface area (Å²) in [4.78, 5) is 40.5. The lowest BCUT2D eigenvalue weighted by atomic mass is 9.85. The molecule has 0 aromatic rings. The molecule has 5 atom stereocenters. The van der Waals surface area contributed by atoms with Crippen molar-refractivity contribution >= 4 is 29.5 Å². The molecule has 5 nitrogen and oxygen atoms in total. The Balaban J connectivity index is 1.64. The van der Waals surface area contributed by atoms with E-state index in [9.17, 15) is 14.4 Å². The number of thioether (sulfide) groups is 1. The Morgan fingerprint density at radius 1 is 1.30 bits per heavy atom. The zero-order chi connectivity index (χ0) is 16.7. The zero-order valence-corrected chi connectivity index (χ0v) is 14.7. The van der Waals surface area contributed by atoms with Gasteiger partial charge in [0.2, 0.25) is 17.7 Å². The predicted octanol–water partition coefficient (Wildman–Crippen LogP) is 1.39. The topological polar surface area (TPSA) is 57.7 Å². The molecule has 2 fully saturated rings. The van der Waals surface area contributed by atoms with Crippen molar-refractivity contribution in [2.45, 2.75) is 25.8 Å². The largest absolute Gasteiger partial charge is 0.341 e. The zero-order valence-electron chi connectivity index (χ0n) is 13.9. The summed E-state index contributed by atoms with van der Waals surface area (Å²) in [5.74, 6) is 0.499. The molecule has 1 aliphatic heterocycles. The van der Waals surface area contributed by atoms with Gasteiger partial charge in [-0.25, -0.2) is 0 Å². The van der Waals surface area contributed by atoms with E-state index in [1.807, 2.05) is 13.2 Å². The van der Waals surface area contributed by atoms with Gasteiger partial charge in [-0.1, -0.05) is 12.2 Å². The molecule has 2 bridgehead atoms. The van der Waals surface area contributed by atoms with Crippen LogP contribution in [0.1, 0.15) is 19.8 Å². The van der Waals surface area contributed by atoms with E-state index in [0.717, 1.165) is 18.6 Å². The highest BCUT2D eigenvalue weighted by atomic mass is 32.2. The lowest BCUT2D eigenvalue weighted by Crippen LogP contribution is -2.45. The SMILES string of the molecule is CSCC[C@H](C)N(C)C(=O)CN1C(=O)[C@H]2[C@H](C1=O)[C@H]1C=C[C@H]2C1. The molecular formula is C17H24N2O3S. The second kappa shape index (κ2) is 6.30. The van der Waals surface area contributed by atoms with Gasteiger partial charge in [0.1, 0.15) is 6.54 Å². The maximum absolute atomic E-state index is 12.6. The number of fused-ring (bicyclic) bond motifs is 5. The Labute approximate surface area is 141 Å². The molecule has 2 aliphatic carbocycles. The summed E-state index contributed by atoms with van der Waals surface area (Å²) >= 11 is 1.75. The number of carbonyl (C=O) groups is 3. The molecule has 1 saturated carbocycles. The monoisotopic (exact) mass is 336 g/mol. The molecule has 3 amide bonds. The molecule has 0 aromatic carbocycles. The summed E-state index contributed by atoms with van der Waals surface area (Å²) in [5.41, 5.74) is 0. The molecule has 6 heteroatoms. The second-order valence-electron chi connectivity index (χ2n) is 6.90. The molecule has 23 heavy (non-hydrogen) atoms.